The number of benzene rings is 1. The van der Waals surface area contributed by atoms with Crippen LogP contribution in [0.3, 0.4) is 0 Å². The Balaban J connectivity index is 2.98. The molecule has 96 valence electrons. The van der Waals surface area contributed by atoms with Crippen LogP contribution < -0.4 is 19.5 Å². The molecule has 1 aromatic rings. The quantitative estimate of drug-likeness (QED) is 0.737. The van der Waals surface area contributed by atoms with Crippen molar-refractivity contribution in [3.8, 4) is 17.2 Å². The Morgan fingerprint density at radius 1 is 1.00 bits per heavy atom. The SMILES string of the molecule is CCNCCc1c(OC)cc(OC)cc1OC. The summed E-state index contributed by atoms with van der Waals surface area (Å²) in [5.74, 6) is 2.35. The molecule has 0 aromatic heterocycles. The highest BCUT2D eigenvalue weighted by atomic mass is 16.5. The summed E-state index contributed by atoms with van der Waals surface area (Å²) in [6, 6.07) is 3.76. The van der Waals surface area contributed by atoms with Gasteiger partial charge in [-0.15, -0.1) is 0 Å². The summed E-state index contributed by atoms with van der Waals surface area (Å²) in [7, 11) is 4.95. The molecule has 1 N–H and O–H groups in total. The van der Waals surface area contributed by atoms with Crippen LogP contribution >= 0.6 is 0 Å². The average Bonchev–Trinajstić information content (AvgIpc) is 2.38. The van der Waals surface area contributed by atoms with E-state index >= 15 is 0 Å². The highest BCUT2D eigenvalue weighted by Crippen LogP contribution is 2.34. The molecule has 0 atom stereocenters. The molecule has 0 radical (unpaired) electrons. The maximum absolute atomic E-state index is 5.37. The van der Waals surface area contributed by atoms with Crippen LogP contribution in [0.15, 0.2) is 12.1 Å². The predicted octanol–water partition coefficient (Wildman–Crippen LogP) is 1.86. The van der Waals surface area contributed by atoms with E-state index in [0.29, 0.717) is 0 Å². The summed E-state index contributed by atoms with van der Waals surface area (Å²) in [5.41, 5.74) is 1.07. The molecule has 0 heterocycles. The highest BCUT2D eigenvalue weighted by Gasteiger charge is 2.12. The van der Waals surface area contributed by atoms with Crippen molar-refractivity contribution in [1.82, 2.24) is 5.32 Å². The molecule has 0 aliphatic carbocycles. The third-order valence-electron chi connectivity index (χ3n) is 2.62. The maximum atomic E-state index is 5.37. The van der Waals surface area contributed by atoms with E-state index in [0.717, 1.165) is 42.3 Å². The van der Waals surface area contributed by atoms with Crippen molar-refractivity contribution in [3.63, 3.8) is 0 Å². The van der Waals surface area contributed by atoms with E-state index in [2.05, 4.69) is 12.2 Å². The number of hydrogen-bond donors (Lipinski definition) is 1. The summed E-state index contributed by atoms with van der Waals surface area (Å²) >= 11 is 0. The van der Waals surface area contributed by atoms with Crippen molar-refractivity contribution in [2.45, 2.75) is 13.3 Å². The minimum absolute atomic E-state index is 0.742. The lowest BCUT2D eigenvalue weighted by Gasteiger charge is -2.15. The Kier molecular flexibility index (Phi) is 5.63. The van der Waals surface area contributed by atoms with Gasteiger partial charge in [0.25, 0.3) is 0 Å². The first-order valence-corrected chi connectivity index (χ1v) is 5.76. The average molecular weight is 239 g/mol. The fourth-order valence-electron chi connectivity index (χ4n) is 1.71. The van der Waals surface area contributed by atoms with Crippen LogP contribution in [0.4, 0.5) is 0 Å². The number of ether oxygens (including phenoxy) is 3. The van der Waals surface area contributed by atoms with Gasteiger partial charge in [-0.05, 0) is 19.5 Å². The first-order chi connectivity index (χ1) is 8.26. The van der Waals surface area contributed by atoms with E-state index in [1.165, 1.54) is 0 Å². The van der Waals surface area contributed by atoms with Gasteiger partial charge in [0.05, 0.1) is 21.3 Å². The number of methoxy groups -OCH3 is 3. The van der Waals surface area contributed by atoms with Crippen LogP contribution in [0.5, 0.6) is 17.2 Å². The van der Waals surface area contributed by atoms with Gasteiger partial charge >= 0.3 is 0 Å². The zero-order valence-corrected chi connectivity index (χ0v) is 11.0. The largest absolute Gasteiger partial charge is 0.496 e. The maximum Gasteiger partial charge on any atom is 0.129 e. The van der Waals surface area contributed by atoms with Crippen molar-refractivity contribution >= 4 is 0 Å². The van der Waals surface area contributed by atoms with Crippen LogP contribution in [0.25, 0.3) is 0 Å². The minimum Gasteiger partial charge on any atom is -0.496 e. The van der Waals surface area contributed by atoms with Gasteiger partial charge in [-0.25, -0.2) is 0 Å². The zero-order valence-electron chi connectivity index (χ0n) is 11.0. The molecule has 0 bridgehead atoms. The lowest BCUT2D eigenvalue weighted by molar-refractivity contribution is 0.368. The van der Waals surface area contributed by atoms with Crippen molar-refractivity contribution in [3.05, 3.63) is 17.7 Å². The summed E-state index contributed by atoms with van der Waals surface area (Å²) < 4.78 is 16.0. The van der Waals surface area contributed by atoms with Crippen molar-refractivity contribution < 1.29 is 14.2 Å². The lowest BCUT2D eigenvalue weighted by atomic mass is 10.1. The standard InChI is InChI=1S/C13H21NO3/c1-5-14-7-6-11-12(16-3)8-10(15-2)9-13(11)17-4/h8-9,14H,5-7H2,1-4H3. The Morgan fingerprint density at radius 3 is 2.00 bits per heavy atom. The van der Waals surface area contributed by atoms with Gasteiger partial charge in [0.1, 0.15) is 17.2 Å². The van der Waals surface area contributed by atoms with Gasteiger partial charge in [-0.1, -0.05) is 6.92 Å². The Labute approximate surface area is 103 Å². The molecule has 4 heteroatoms. The number of nitrogens with one attached hydrogen (secondary N) is 1. The smallest absolute Gasteiger partial charge is 0.129 e. The first kappa shape index (κ1) is 13.6. The fraction of sp³-hybridized carbons (Fsp3) is 0.538. The predicted molar refractivity (Wildman–Crippen MR) is 68.3 cm³/mol. The molecule has 4 nitrogen and oxygen atoms in total. The van der Waals surface area contributed by atoms with E-state index in [-0.39, 0.29) is 0 Å². The van der Waals surface area contributed by atoms with Gasteiger partial charge < -0.3 is 19.5 Å². The first-order valence-electron chi connectivity index (χ1n) is 5.76. The van der Waals surface area contributed by atoms with Crippen molar-refractivity contribution in [2.75, 3.05) is 34.4 Å². The zero-order chi connectivity index (χ0) is 12.7. The van der Waals surface area contributed by atoms with Gasteiger partial charge in [0.15, 0.2) is 0 Å². The molecule has 0 amide bonds. The van der Waals surface area contributed by atoms with Crippen LogP contribution in [-0.2, 0) is 6.42 Å². The molecule has 0 spiro atoms. The fourth-order valence-corrected chi connectivity index (χ4v) is 1.71. The summed E-state index contributed by atoms with van der Waals surface area (Å²) in [6.07, 6.45) is 0.865. The van der Waals surface area contributed by atoms with Crippen molar-refractivity contribution in [2.24, 2.45) is 0 Å². The third-order valence-corrected chi connectivity index (χ3v) is 2.62. The van der Waals surface area contributed by atoms with Crippen molar-refractivity contribution in [1.29, 1.82) is 0 Å². The van der Waals surface area contributed by atoms with Crippen LogP contribution in [-0.4, -0.2) is 34.4 Å². The third kappa shape index (κ3) is 3.53. The van der Waals surface area contributed by atoms with Gasteiger partial charge in [-0.3, -0.25) is 0 Å². The number of hydrogen-bond acceptors (Lipinski definition) is 4. The Hall–Kier alpha value is -1.42. The molecular weight excluding hydrogens is 218 g/mol. The molecule has 0 aliphatic heterocycles. The number of rotatable bonds is 7. The molecule has 0 saturated carbocycles. The second-order valence-electron chi connectivity index (χ2n) is 3.61. The summed E-state index contributed by atoms with van der Waals surface area (Å²) in [6.45, 7) is 3.94. The van der Waals surface area contributed by atoms with E-state index in [1.807, 2.05) is 12.1 Å². The van der Waals surface area contributed by atoms with E-state index in [4.69, 9.17) is 14.2 Å². The molecular formula is C13H21NO3. The van der Waals surface area contributed by atoms with Gasteiger partial charge in [-0.2, -0.15) is 0 Å². The Morgan fingerprint density at radius 2 is 1.59 bits per heavy atom. The van der Waals surface area contributed by atoms with E-state index in [1.54, 1.807) is 21.3 Å². The lowest BCUT2D eigenvalue weighted by Crippen LogP contribution is -2.16. The minimum atomic E-state index is 0.742. The van der Waals surface area contributed by atoms with E-state index in [9.17, 15) is 0 Å². The van der Waals surface area contributed by atoms with Gasteiger partial charge in [0, 0.05) is 17.7 Å². The second kappa shape index (κ2) is 7.01. The monoisotopic (exact) mass is 239 g/mol. The second-order valence-corrected chi connectivity index (χ2v) is 3.61. The molecule has 0 unspecified atom stereocenters. The molecule has 17 heavy (non-hydrogen) atoms. The summed E-state index contributed by atoms with van der Waals surface area (Å²) in [5, 5.41) is 3.29. The summed E-state index contributed by atoms with van der Waals surface area (Å²) in [4.78, 5) is 0. The molecule has 1 aromatic carbocycles. The number of likely N-dealkylation sites (N-methyl/N-ethyl adjacent to an activating group) is 1. The highest BCUT2D eigenvalue weighted by molar-refractivity contribution is 5.50. The van der Waals surface area contributed by atoms with Gasteiger partial charge in [0.2, 0.25) is 0 Å². The topological polar surface area (TPSA) is 39.7 Å². The van der Waals surface area contributed by atoms with Crippen LogP contribution in [0.2, 0.25) is 0 Å². The molecule has 0 saturated heterocycles. The Bertz CT molecular complexity index is 328. The molecule has 1 rings (SSSR count). The van der Waals surface area contributed by atoms with Crippen LogP contribution in [0.1, 0.15) is 12.5 Å². The molecule has 0 fully saturated rings. The van der Waals surface area contributed by atoms with Crippen LogP contribution in [0, 0.1) is 0 Å². The van der Waals surface area contributed by atoms with E-state index < -0.39 is 0 Å². The molecule has 0 aliphatic rings. The normalized spacial score (nSPS) is 10.1.